The molecule has 87 valence electrons. The Morgan fingerprint density at radius 3 is 2.53 bits per heavy atom. The highest BCUT2D eigenvalue weighted by Crippen LogP contribution is 2.30. The average molecular weight is 227 g/mol. The molecule has 0 amide bonds. The molecule has 0 aliphatic rings. The standard InChI is InChI=1S/C15H15O2/c1-15(2,17)12-7-5-6-11(10-12)13-8-3-4-9-14(13)16/h3-7,9-10,16-17H,1-2H3. The van der Waals surface area contributed by atoms with Crippen LogP contribution in [0.25, 0.3) is 11.1 Å². The smallest absolute Gasteiger partial charge is 0.124 e. The molecule has 0 unspecified atom stereocenters. The molecule has 0 fully saturated rings. The molecule has 0 bridgehead atoms. The van der Waals surface area contributed by atoms with Gasteiger partial charge in [-0.15, -0.1) is 0 Å². The van der Waals surface area contributed by atoms with Crippen LogP contribution in [0, 0.1) is 6.07 Å². The third-order valence-electron chi connectivity index (χ3n) is 2.69. The van der Waals surface area contributed by atoms with Gasteiger partial charge in [0.05, 0.1) is 5.60 Å². The molecule has 0 aliphatic carbocycles. The second-order valence-electron chi connectivity index (χ2n) is 4.57. The van der Waals surface area contributed by atoms with Crippen molar-refractivity contribution in [2.75, 3.05) is 0 Å². The summed E-state index contributed by atoms with van der Waals surface area (Å²) in [6, 6.07) is 15.6. The van der Waals surface area contributed by atoms with Gasteiger partial charge in [-0.05, 0) is 43.2 Å². The van der Waals surface area contributed by atoms with Gasteiger partial charge in [0.25, 0.3) is 0 Å². The first-order valence-electron chi connectivity index (χ1n) is 5.51. The molecule has 0 heterocycles. The predicted molar refractivity (Wildman–Crippen MR) is 67.6 cm³/mol. The van der Waals surface area contributed by atoms with E-state index in [2.05, 4.69) is 6.07 Å². The van der Waals surface area contributed by atoms with Crippen molar-refractivity contribution in [3.8, 4) is 16.9 Å². The van der Waals surface area contributed by atoms with Gasteiger partial charge in [0.1, 0.15) is 5.75 Å². The van der Waals surface area contributed by atoms with Crippen molar-refractivity contribution < 1.29 is 10.2 Å². The molecule has 2 N–H and O–H groups in total. The molecule has 2 aromatic carbocycles. The average Bonchev–Trinajstić information content (AvgIpc) is 2.29. The number of hydrogen-bond acceptors (Lipinski definition) is 2. The fourth-order valence-electron chi connectivity index (χ4n) is 1.71. The molecule has 0 aromatic heterocycles. The zero-order valence-corrected chi connectivity index (χ0v) is 9.94. The lowest BCUT2D eigenvalue weighted by atomic mass is 9.94. The molecule has 0 aliphatic heterocycles. The minimum Gasteiger partial charge on any atom is -0.507 e. The van der Waals surface area contributed by atoms with Crippen molar-refractivity contribution in [1.82, 2.24) is 0 Å². The largest absolute Gasteiger partial charge is 0.507 e. The molecule has 2 nitrogen and oxygen atoms in total. The second-order valence-corrected chi connectivity index (χ2v) is 4.57. The number of aromatic hydroxyl groups is 1. The van der Waals surface area contributed by atoms with Gasteiger partial charge in [-0.25, -0.2) is 0 Å². The third-order valence-corrected chi connectivity index (χ3v) is 2.69. The van der Waals surface area contributed by atoms with Crippen molar-refractivity contribution in [1.29, 1.82) is 0 Å². The molecule has 0 saturated carbocycles. The molecule has 2 rings (SSSR count). The van der Waals surface area contributed by atoms with Crippen LogP contribution in [0.1, 0.15) is 19.4 Å². The zero-order chi connectivity index (χ0) is 12.5. The summed E-state index contributed by atoms with van der Waals surface area (Å²) in [4.78, 5) is 0. The van der Waals surface area contributed by atoms with E-state index < -0.39 is 5.60 Å². The maximum atomic E-state index is 9.96. The topological polar surface area (TPSA) is 40.5 Å². The first-order valence-corrected chi connectivity index (χ1v) is 5.51. The molecule has 2 aromatic rings. The van der Waals surface area contributed by atoms with Crippen LogP contribution in [-0.2, 0) is 5.60 Å². The Kier molecular flexibility index (Phi) is 2.90. The van der Waals surface area contributed by atoms with Crippen LogP contribution < -0.4 is 0 Å². The molecular weight excluding hydrogens is 212 g/mol. The highest BCUT2D eigenvalue weighted by atomic mass is 16.3. The van der Waals surface area contributed by atoms with E-state index in [1.807, 2.05) is 24.3 Å². The number of aliphatic hydroxyl groups is 1. The minimum absolute atomic E-state index is 0.195. The zero-order valence-electron chi connectivity index (χ0n) is 9.94. The van der Waals surface area contributed by atoms with Gasteiger partial charge in [-0.1, -0.05) is 30.3 Å². The maximum absolute atomic E-state index is 9.96. The van der Waals surface area contributed by atoms with Crippen molar-refractivity contribution in [3.05, 3.63) is 54.1 Å². The summed E-state index contributed by atoms with van der Waals surface area (Å²) in [7, 11) is 0. The summed E-state index contributed by atoms with van der Waals surface area (Å²) in [6.45, 7) is 3.47. The Bertz CT molecular complexity index is 524. The highest BCUT2D eigenvalue weighted by Gasteiger charge is 2.16. The van der Waals surface area contributed by atoms with Crippen molar-refractivity contribution >= 4 is 0 Å². The lowest BCUT2D eigenvalue weighted by molar-refractivity contribution is 0.0786. The van der Waals surface area contributed by atoms with E-state index in [0.717, 1.165) is 11.1 Å². The molecule has 2 heteroatoms. The van der Waals surface area contributed by atoms with E-state index in [4.69, 9.17) is 0 Å². The van der Waals surface area contributed by atoms with Crippen molar-refractivity contribution in [2.24, 2.45) is 0 Å². The summed E-state index contributed by atoms with van der Waals surface area (Å²) < 4.78 is 0. The van der Waals surface area contributed by atoms with Gasteiger partial charge < -0.3 is 10.2 Å². The monoisotopic (exact) mass is 227 g/mol. The molecule has 0 atom stereocenters. The molecule has 1 radical (unpaired) electrons. The molecule has 0 spiro atoms. The Morgan fingerprint density at radius 2 is 1.88 bits per heavy atom. The van der Waals surface area contributed by atoms with E-state index in [-0.39, 0.29) is 5.75 Å². The highest BCUT2D eigenvalue weighted by molar-refractivity contribution is 5.70. The summed E-state index contributed by atoms with van der Waals surface area (Å²) in [5, 5.41) is 19.7. The van der Waals surface area contributed by atoms with E-state index >= 15 is 0 Å². The predicted octanol–water partition coefficient (Wildman–Crippen LogP) is 3.09. The molecule has 0 saturated heterocycles. The first-order chi connectivity index (χ1) is 7.98. The summed E-state index contributed by atoms with van der Waals surface area (Å²) in [5.74, 6) is 0.195. The van der Waals surface area contributed by atoms with Gasteiger partial charge in [0, 0.05) is 5.56 Å². The fraction of sp³-hybridized carbons (Fsp3) is 0.200. The van der Waals surface area contributed by atoms with E-state index in [9.17, 15) is 10.2 Å². The van der Waals surface area contributed by atoms with Crippen molar-refractivity contribution in [2.45, 2.75) is 19.4 Å². The summed E-state index contributed by atoms with van der Waals surface area (Å²) in [5.41, 5.74) is 1.42. The molecule has 17 heavy (non-hydrogen) atoms. The van der Waals surface area contributed by atoms with Crippen LogP contribution in [0.4, 0.5) is 0 Å². The van der Waals surface area contributed by atoms with Crippen LogP contribution in [0.5, 0.6) is 5.75 Å². The quantitative estimate of drug-likeness (QED) is 0.827. The van der Waals surface area contributed by atoms with E-state index in [0.29, 0.717) is 5.56 Å². The SMILES string of the molecule is CC(C)(O)c1cccc(-c2[c]cccc2O)c1. The third kappa shape index (κ3) is 2.48. The van der Waals surface area contributed by atoms with Crippen LogP contribution in [-0.4, -0.2) is 10.2 Å². The van der Waals surface area contributed by atoms with Gasteiger partial charge in [-0.3, -0.25) is 0 Å². The lowest BCUT2D eigenvalue weighted by Crippen LogP contribution is -2.15. The minimum atomic E-state index is -0.888. The van der Waals surface area contributed by atoms with Gasteiger partial charge in [0.15, 0.2) is 0 Å². The maximum Gasteiger partial charge on any atom is 0.124 e. The number of phenolic OH excluding ortho intramolecular Hbond substituents is 1. The number of phenols is 1. The van der Waals surface area contributed by atoms with Gasteiger partial charge >= 0.3 is 0 Å². The van der Waals surface area contributed by atoms with E-state index in [1.54, 1.807) is 32.0 Å². The van der Waals surface area contributed by atoms with Gasteiger partial charge in [0.2, 0.25) is 0 Å². The van der Waals surface area contributed by atoms with E-state index in [1.165, 1.54) is 0 Å². The fourth-order valence-corrected chi connectivity index (χ4v) is 1.71. The summed E-state index contributed by atoms with van der Waals surface area (Å²) >= 11 is 0. The van der Waals surface area contributed by atoms with Gasteiger partial charge in [-0.2, -0.15) is 0 Å². The second kappa shape index (κ2) is 4.22. The first kappa shape index (κ1) is 11.7. The van der Waals surface area contributed by atoms with Crippen LogP contribution in [0.15, 0.2) is 42.5 Å². The molecular formula is C15H15O2. The number of benzene rings is 2. The lowest BCUT2D eigenvalue weighted by Gasteiger charge is -2.18. The van der Waals surface area contributed by atoms with Crippen LogP contribution >= 0.6 is 0 Å². The Labute approximate surface area is 101 Å². The normalized spacial score (nSPS) is 11.5. The number of hydrogen-bond donors (Lipinski definition) is 2. The summed E-state index contributed by atoms with van der Waals surface area (Å²) in [6.07, 6.45) is 0. The Balaban J connectivity index is 2.51. The van der Waals surface area contributed by atoms with Crippen molar-refractivity contribution in [3.63, 3.8) is 0 Å². The number of rotatable bonds is 2. The van der Waals surface area contributed by atoms with Crippen LogP contribution in [0.3, 0.4) is 0 Å². The van der Waals surface area contributed by atoms with Crippen LogP contribution in [0.2, 0.25) is 0 Å². The Hall–Kier alpha value is -1.80. The Morgan fingerprint density at radius 1 is 1.12 bits per heavy atom.